The second-order valence-corrected chi connectivity index (χ2v) is 3.42. The first-order valence-electron chi connectivity index (χ1n) is 4.01. The molecule has 0 atom stereocenters. The molecule has 6 heteroatoms. The molecule has 0 aliphatic carbocycles. The van der Waals surface area contributed by atoms with Crippen molar-refractivity contribution in [1.82, 2.24) is 9.38 Å². The number of aromatic nitrogens is 2. The average Bonchev–Trinajstić information content (AvgIpc) is 2.73. The van der Waals surface area contributed by atoms with Crippen LogP contribution in [-0.2, 0) is 0 Å². The number of carbonyl (C=O) groups is 1. The van der Waals surface area contributed by atoms with Gasteiger partial charge in [-0.3, -0.25) is 9.20 Å². The monoisotopic (exact) mass is 212 g/mol. The van der Waals surface area contributed by atoms with Gasteiger partial charge < -0.3 is 9.84 Å². The van der Waals surface area contributed by atoms with Crippen LogP contribution in [0.25, 0.3) is 4.96 Å². The molecule has 0 fully saturated rings. The molecule has 0 unspecified atom stereocenters. The van der Waals surface area contributed by atoms with Crippen LogP contribution >= 0.6 is 11.3 Å². The number of imidazole rings is 1. The Morgan fingerprint density at radius 3 is 3.29 bits per heavy atom. The SMILES string of the molecule is O=Cc1c(OCCO)nc2sccn12. The first-order chi connectivity index (χ1) is 6.86. The molecule has 2 aromatic rings. The number of hydrogen-bond donors (Lipinski definition) is 1. The van der Waals surface area contributed by atoms with Crippen LogP contribution in [0.4, 0.5) is 0 Å². The quantitative estimate of drug-likeness (QED) is 0.753. The molecule has 1 N–H and O–H groups in total. The molecule has 0 radical (unpaired) electrons. The van der Waals surface area contributed by atoms with Crippen molar-refractivity contribution >= 4 is 22.6 Å². The predicted octanol–water partition coefficient (Wildman–Crippen LogP) is 0.579. The Bertz CT molecular complexity index is 448. The molecule has 2 rings (SSSR count). The lowest BCUT2D eigenvalue weighted by Gasteiger charge is -1.99. The van der Waals surface area contributed by atoms with Gasteiger partial charge in [0.25, 0.3) is 0 Å². The fourth-order valence-electron chi connectivity index (χ4n) is 1.14. The minimum atomic E-state index is -0.0938. The normalized spacial score (nSPS) is 10.6. The molecule has 2 heterocycles. The fraction of sp³-hybridized carbons (Fsp3) is 0.250. The van der Waals surface area contributed by atoms with Crippen LogP contribution in [0.15, 0.2) is 11.6 Å². The van der Waals surface area contributed by atoms with Crippen molar-refractivity contribution in [2.75, 3.05) is 13.2 Å². The molecular formula is C8H8N2O3S. The number of aldehydes is 1. The Balaban J connectivity index is 2.42. The van der Waals surface area contributed by atoms with Gasteiger partial charge in [-0.05, 0) is 0 Å². The van der Waals surface area contributed by atoms with Crippen molar-refractivity contribution in [3.05, 3.63) is 17.3 Å². The van der Waals surface area contributed by atoms with E-state index in [1.165, 1.54) is 11.3 Å². The lowest BCUT2D eigenvalue weighted by molar-refractivity contribution is 0.111. The van der Waals surface area contributed by atoms with Gasteiger partial charge >= 0.3 is 0 Å². The second-order valence-electron chi connectivity index (χ2n) is 2.55. The third-order valence-corrected chi connectivity index (χ3v) is 2.46. The number of ether oxygens (including phenoxy) is 1. The summed E-state index contributed by atoms with van der Waals surface area (Å²) in [7, 11) is 0. The molecular weight excluding hydrogens is 204 g/mol. The predicted molar refractivity (Wildman–Crippen MR) is 51.0 cm³/mol. The van der Waals surface area contributed by atoms with Gasteiger partial charge in [-0.2, -0.15) is 4.98 Å². The zero-order chi connectivity index (χ0) is 9.97. The van der Waals surface area contributed by atoms with Crippen LogP contribution < -0.4 is 4.74 Å². The molecule has 0 saturated carbocycles. The summed E-state index contributed by atoms with van der Waals surface area (Å²) in [5, 5.41) is 10.4. The molecule has 0 aromatic carbocycles. The van der Waals surface area contributed by atoms with Crippen molar-refractivity contribution in [1.29, 1.82) is 0 Å². The number of nitrogens with zero attached hydrogens (tertiary/aromatic N) is 2. The summed E-state index contributed by atoms with van der Waals surface area (Å²) in [6.45, 7) is 0.0507. The maximum atomic E-state index is 10.8. The van der Waals surface area contributed by atoms with Gasteiger partial charge in [0.15, 0.2) is 16.9 Å². The van der Waals surface area contributed by atoms with Crippen molar-refractivity contribution in [2.45, 2.75) is 0 Å². The Hall–Kier alpha value is -1.40. The smallest absolute Gasteiger partial charge is 0.244 e. The fourth-order valence-corrected chi connectivity index (χ4v) is 1.85. The Kier molecular flexibility index (Phi) is 2.47. The van der Waals surface area contributed by atoms with Crippen molar-refractivity contribution in [3.63, 3.8) is 0 Å². The summed E-state index contributed by atoms with van der Waals surface area (Å²) in [6.07, 6.45) is 2.45. The summed E-state index contributed by atoms with van der Waals surface area (Å²) in [6, 6.07) is 0. The van der Waals surface area contributed by atoms with Gasteiger partial charge in [0.2, 0.25) is 5.88 Å². The van der Waals surface area contributed by atoms with Crippen molar-refractivity contribution in [2.24, 2.45) is 0 Å². The van der Waals surface area contributed by atoms with Crippen LogP contribution in [0.3, 0.4) is 0 Å². The summed E-state index contributed by atoms with van der Waals surface area (Å²) >= 11 is 1.42. The second kappa shape index (κ2) is 3.77. The maximum absolute atomic E-state index is 10.8. The molecule has 0 aliphatic heterocycles. The highest BCUT2D eigenvalue weighted by molar-refractivity contribution is 7.15. The Morgan fingerprint density at radius 1 is 1.71 bits per heavy atom. The molecule has 74 valence electrons. The minimum Gasteiger partial charge on any atom is -0.474 e. The zero-order valence-electron chi connectivity index (χ0n) is 7.21. The van der Waals surface area contributed by atoms with Crippen LogP contribution in [0.1, 0.15) is 10.5 Å². The van der Waals surface area contributed by atoms with Crippen LogP contribution in [0, 0.1) is 0 Å². The van der Waals surface area contributed by atoms with Gasteiger partial charge in [0.1, 0.15) is 6.61 Å². The number of aliphatic hydroxyl groups is 1. The molecule has 2 aromatic heterocycles. The van der Waals surface area contributed by atoms with E-state index in [1.807, 2.05) is 5.38 Å². The Morgan fingerprint density at radius 2 is 2.57 bits per heavy atom. The molecule has 0 aliphatic rings. The standard InChI is InChI=1S/C8H8N2O3S/c11-2-3-13-7-6(5-12)10-1-4-14-8(10)9-7/h1,4-5,11H,2-3H2. The lowest BCUT2D eigenvalue weighted by Crippen LogP contribution is -2.03. The van der Waals surface area contributed by atoms with Crippen molar-refractivity contribution < 1.29 is 14.6 Å². The largest absolute Gasteiger partial charge is 0.474 e. The molecule has 0 spiro atoms. The molecule has 0 amide bonds. The summed E-state index contributed by atoms with van der Waals surface area (Å²) in [4.78, 5) is 15.6. The van der Waals surface area contributed by atoms with Crippen LogP contribution in [0.2, 0.25) is 0 Å². The Labute approximate surface area is 83.6 Å². The molecule has 14 heavy (non-hydrogen) atoms. The maximum Gasteiger partial charge on any atom is 0.244 e. The highest BCUT2D eigenvalue weighted by Gasteiger charge is 2.12. The van der Waals surface area contributed by atoms with Gasteiger partial charge in [0.05, 0.1) is 6.61 Å². The molecule has 0 bridgehead atoms. The molecule has 0 saturated heterocycles. The van der Waals surface area contributed by atoms with E-state index in [0.29, 0.717) is 16.9 Å². The molecule has 5 nitrogen and oxygen atoms in total. The number of fused-ring (bicyclic) bond motifs is 1. The van der Waals surface area contributed by atoms with E-state index < -0.39 is 0 Å². The number of hydrogen-bond acceptors (Lipinski definition) is 5. The van der Waals surface area contributed by atoms with E-state index in [2.05, 4.69) is 4.98 Å². The lowest BCUT2D eigenvalue weighted by atomic mass is 10.5. The minimum absolute atomic E-state index is 0.0938. The van der Waals surface area contributed by atoms with E-state index in [1.54, 1.807) is 10.6 Å². The third kappa shape index (κ3) is 1.38. The summed E-state index contributed by atoms with van der Waals surface area (Å²) < 4.78 is 6.77. The number of thiazole rings is 1. The number of carbonyl (C=O) groups excluding carboxylic acids is 1. The van der Waals surface area contributed by atoms with Crippen LogP contribution in [0.5, 0.6) is 5.88 Å². The van der Waals surface area contributed by atoms with Crippen molar-refractivity contribution in [3.8, 4) is 5.88 Å². The van der Waals surface area contributed by atoms with E-state index in [0.717, 1.165) is 0 Å². The highest BCUT2D eigenvalue weighted by atomic mass is 32.1. The topological polar surface area (TPSA) is 63.8 Å². The summed E-state index contributed by atoms with van der Waals surface area (Å²) in [5.74, 6) is 0.279. The van der Waals surface area contributed by atoms with E-state index in [9.17, 15) is 4.79 Å². The van der Waals surface area contributed by atoms with Gasteiger partial charge in [-0.25, -0.2) is 0 Å². The summed E-state index contributed by atoms with van der Waals surface area (Å²) in [5.41, 5.74) is 0.384. The third-order valence-electron chi connectivity index (χ3n) is 1.71. The zero-order valence-corrected chi connectivity index (χ0v) is 8.03. The van der Waals surface area contributed by atoms with Crippen LogP contribution in [-0.4, -0.2) is 34.0 Å². The number of aliphatic hydroxyl groups excluding tert-OH is 1. The highest BCUT2D eigenvalue weighted by Crippen LogP contribution is 2.21. The first-order valence-corrected chi connectivity index (χ1v) is 4.89. The van der Waals surface area contributed by atoms with Gasteiger partial charge in [0, 0.05) is 11.6 Å². The van der Waals surface area contributed by atoms with Gasteiger partial charge in [-0.1, -0.05) is 0 Å². The average molecular weight is 212 g/mol. The first kappa shape index (κ1) is 9.17. The number of rotatable bonds is 4. The van der Waals surface area contributed by atoms with Gasteiger partial charge in [-0.15, -0.1) is 11.3 Å². The van der Waals surface area contributed by atoms with E-state index >= 15 is 0 Å². The van der Waals surface area contributed by atoms with E-state index in [-0.39, 0.29) is 19.1 Å². The van der Waals surface area contributed by atoms with E-state index in [4.69, 9.17) is 9.84 Å².